The van der Waals surface area contributed by atoms with Crippen molar-refractivity contribution in [3.8, 4) is 0 Å². The molecule has 0 saturated carbocycles. The second-order valence-electron chi connectivity index (χ2n) is 3.86. The highest BCUT2D eigenvalue weighted by Crippen LogP contribution is 2.17. The first-order chi connectivity index (χ1) is 7.66. The highest BCUT2D eigenvalue weighted by molar-refractivity contribution is 14.1. The van der Waals surface area contributed by atoms with Gasteiger partial charge in [-0.15, -0.1) is 12.4 Å². The zero-order chi connectivity index (χ0) is 11.5. The van der Waals surface area contributed by atoms with E-state index in [0.717, 1.165) is 23.2 Å². The molecule has 94 valence electrons. The molecule has 1 amide bonds. The van der Waals surface area contributed by atoms with Gasteiger partial charge >= 0.3 is 0 Å². The molecule has 2 N–H and O–H groups in total. The first-order valence-electron chi connectivity index (χ1n) is 5.11. The van der Waals surface area contributed by atoms with Gasteiger partial charge in [-0.1, -0.05) is 11.6 Å². The summed E-state index contributed by atoms with van der Waals surface area (Å²) in [6, 6.07) is 5.34. The highest BCUT2D eigenvalue weighted by atomic mass is 127. The normalized spacial score (nSPS) is 14.7. The monoisotopic (exact) mass is 386 g/mol. The molecular formula is C11H13Cl2IN2O. The van der Waals surface area contributed by atoms with Crippen LogP contribution in [-0.4, -0.2) is 25.5 Å². The standard InChI is InChI=1S/C11H12ClIN2O.ClH/c12-8-1-2-10(13)9(3-8)11(16)15-6-7-4-14-5-7;/h1-3,7,14H,4-6H2,(H,15,16);1H. The van der Waals surface area contributed by atoms with E-state index in [-0.39, 0.29) is 18.3 Å². The molecule has 0 bridgehead atoms. The number of hydrogen-bond donors (Lipinski definition) is 2. The fourth-order valence-electron chi connectivity index (χ4n) is 1.50. The van der Waals surface area contributed by atoms with E-state index in [1.807, 2.05) is 6.07 Å². The molecule has 1 aromatic carbocycles. The van der Waals surface area contributed by atoms with E-state index in [1.54, 1.807) is 12.1 Å². The van der Waals surface area contributed by atoms with E-state index < -0.39 is 0 Å². The Kier molecular flexibility index (Phi) is 5.99. The number of benzene rings is 1. The summed E-state index contributed by atoms with van der Waals surface area (Å²) < 4.78 is 0.922. The number of carbonyl (C=O) groups excluding carboxylic acids is 1. The van der Waals surface area contributed by atoms with E-state index in [2.05, 4.69) is 33.2 Å². The maximum atomic E-state index is 11.9. The maximum Gasteiger partial charge on any atom is 0.252 e. The van der Waals surface area contributed by atoms with Crippen LogP contribution in [0.25, 0.3) is 0 Å². The summed E-state index contributed by atoms with van der Waals surface area (Å²) in [5, 5.41) is 6.69. The molecule has 1 heterocycles. The van der Waals surface area contributed by atoms with Crippen molar-refractivity contribution in [1.82, 2.24) is 10.6 Å². The first kappa shape index (κ1) is 15.0. The van der Waals surface area contributed by atoms with Crippen molar-refractivity contribution < 1.29 is 4.79 Å². The van der Waals surface area contributed by atoms with Gasteiger partial charge in [-0.25, -0.2) is 0 Å². The minimum absolute atomic E-state index is 0. The SMILES string of the molecule is Cl.O=C(NCC1CNC1)c1cc(Cl)ccc1I. The van der Waals surface area contributed by atoms with Crippen LogP contribution >= 0.6 is 46.6 Å². The molecule has 1 aromatic rings. The van der Waals surface area contributed by atoms with E-state index in [1.165, 1.54) is 0 Å². The van der Waals surface area contributed by atoms with Gasteiger partial charge < -0.3 is 10.6 Å². The molecule has 1 aliphatic rings. The van der Waals surface area contributed by atoms with Gasteiger partial charge in [0.15, 0.2) is 0 Å². The summed E-state index contributed by atoms with van der Waals surface area (Å²) in [6.07, 6.45) is 0. The summed E-state index contributed by atoms with van der Waals surface area (Å²) in [7, 11) is 0. The Morgan fingerprint density at radius 1 is 1.53 bits per heavy atom. The molecule has 0 radical (unpaired) electrons. The van der Waals surface area contributed by atoms with Gasteiger partial charge in [0.2, 0.25) is 0 Å². The molecule has 1 fully saturated rings. The van der Waals surface area contributed by atoms with Crippen LogP contribution in [0.3, 0.4) is 0 Å². The van der Waals surface area contributed by atoms with Gasteiger partial charge in [0, 0.05) is 34.1 Å². The predicted molar refractivity (Wildman–Crippen MR) is 80.1 cm³/mol. The Morgan fingerprint density at radius 3 is 2.82 bits per heavy atom. The van der Waals surface area contributed by atoms with Crippen LogP contribution in [0.15, 0.2) is 18.2 Å². The van der Waals surface area contributed by atoms with Crippen LogP contribution in [0.2, 0.25) is 5.02 Å². The Bertz CT molecular complexity index is 410. The Labute approximate surface area is 125 Å². The third-order valence-corrected chi connectivity index (χ3v) is 3.77. The molecule has 3 nitrogen and oxygen atoms in total. The van der Waals surface area contributed by atoms with Crippen LogP contribution in [-0.2, 0) is 0 Å². The largest absolute Gasteiger partial charge is 0.352 e. The van der Waals surface area contributed by atoms with E-state index in [4.69, 9.17) is 11.6 Å². The third-order valence-electron chi connectivity index (χ3n) is 2.59. The van der Waals surface area contributed by atoms with Crippen molar-refractivity contribution >= 4 is 52.5 Å². The lowest BCUT2D eigenvalue weighted by Crippen LogP contribution is -2.48. The number of nitrogens with one attached hydrogen (secondary N) is 2. The summed E-state index contributed by atoms with van der Waals surface area (Å²) in [6.45, 7) is 2.72. The topological polar surface area (TPSA) is 41.1 Å². The molecular weight excluding hydrogens is 374 g/mol. The summed E-state index contributed by atoms with van der Waals surface area (Å²) in [5.74, 6) is 0.527. The summed E-state index contributed by atoms with van der Waals surface area (Å²) in [4.78, 5) is 11.9. The Balaban J connectivity index is 0.00000144. The quantitative estimate of drug-likeness (QED) is 0.782. The second kappa shape index (κ2) is 6.78. The molecule has 1 saturated heterocycles. The van der Waals surface area contributed by atoms with E-state index in [0.29, 0.717) is 16.5 Å². The maximum absolute atomic E-state index is 11.9. The average molecular weight is 387 g/mol. The number of halogens is 3. The van der Waals surface area contributed by atoms with Gasteiger partial charge in [-0.05, 0) is 40.8 Å². The molecule has 2 rings (SSSR count). The molecule has 17 heavy (non-hydrogen) atoms. The van der Waals surface area contributed by atoms with Crippen LogP contribution in [0.1, 0.15) is 10.4 Å². The highest BCUT2D eigenvalue weighted by Gasteiger charge is 2.18. The van der Waals surface area contributed by atoms with Crippen molar-refractivity contribution in [1.29, 1.82) is 0 Å². The number of rotatable bonds is 3. The van der Waals surface area contributed by atoms with E-state index in [9.17, 15) is 4.79 Å². The molecule has 6 heteroatoms. The van der Waals surface area contributed by atoms with Crippen molar-refractivity contribution in [3.63, 3.8) is 0 Å². The van der Waals surface area contributed by atoms with Gasteiger partial charge in [0.05, 0.1) is 5.56 Å². The van der Waals surface area contributed by atoms with Crippen molar-refractivity contribution in [2.24, 2.45) is 5.92 Å². The Hall–Kier alpha value is -0.0400. The second-order valence-corrected chi connectivity index (χ2v) is 5.46. The molecule has 0 unspecified atom stereocenters. The van der Waals surface area contributed by atoms with E-state index >= 15 is 0 Å². The van der Waals surface area contributed by atoms with Gasteiger partial charge in [-0.2, -0.15) is 0 Å². The molecule has 1 aliphatic heterocycles. The zero-order valence-electron chi connectivity index (χ0n) is 9.00. The summed E-state index contributed by atoms with van der Waals surface area (Å²) >= 11 is 8.01. The van der Waals surface area contributed by atoms with Gasteiger partial charge in [0.25, 0.3) is 5.91 Å². The lowest BCUT2D eigenvalue weighted by Gasteiger charge is -2.27. The van der Waals surface area contributed by atoms with Gasteiger partial charge in [0.1, 0.15) is 0 Å². The van der Waals surface area contributed by atoms with Crippen LogP contribution in [0, 0.1) is 9.49 Å². The van der Waals surface area contributed by atoms with Crippen LogP contribution < -0.4 is 10.6 Å². The molecule has 0 aliphatic carbocycles. The van der Waals surface area contributed by atoms with Crippen molar-refractivity contribution in [3.05, 3.63) is 32.4 Å². The third kappa shape index (κ3) is 3.98. The average Bonchev–Trinajstić information content (AvgIpc) is 2.19. The Morgan fingerprint density at radius 2 is 2.24 bits per heavy atom. The fourth-order valence-corrected chi connectivity index (χ4v) is 2.25. The minimum atomic E-state index is -0.0428. The number of carbonyl (C=O) groups is 1. The predicted octanol–water partition coefficient (Wildman–Crippen LogP) is 2.32. The number of amides is 1. The minimum Gasteiger partial charge on any atom is -0.352 e. The fraction of sp³-hybridized carbons (Fsp3) is 0.364. The van der Waals surface area contributed by atoms with Gasteiger partial charge in [-0.3, -0.25) is 4.79 Å². The van der Waals surface area contributed by atoms with Crippen molar-refractivity contribution in [2.75, 3.05) is 19.6 Å². The summed E-state index contributed by atoms with van der Waals surface area (Å²) in [5.41, 5.74) is 0.653. The smallest absolute Gasteiger partial charge is 0.252 e. The molecule has 0 atom stereocenters. The molecule has 0 aromatic heterocycles. The molecule has 0 spiro atoms. The van der Waals surface area contributed by atoms with Crippen LogP contribution in [0.5, 0.6) is 0 Å². The number of hydrogen-bond acceptors (Lipinski definition) is 2. The lowest BCUT2D eigenvalue weighted by atomic mass is 10.0. The van der Waals surface area contributed by atoms with Crippen LogP contribution in [0.4, 0.5) is 0 Å². The lowest BCUT2D eigenvalue weighted by molar-refractivity contribution is 0.0941. The first-order valence-corrected chi connectivity index (χ1v) is 6.56. The zero-order valence-corrected chi connectivity index (χ0v) is 12.7. The van der Waals surface area contributed by atoms with Crippen molar-refractivity contribution in [2.45, 2.75) is 0 Å².